The molecule has 0 saturated carbocycles. The van der Waals surface area contributed by atoms with Crippen molar-refractivity contribution >= 4 is 6.09 Å². The van der Waals surface area contributed by atoms with Crippen molar-refractivity contribution in [1.29, 1.82) is 0 Å². The summed E-state index contributed by atoms with van der Waals surface area (Å²) in [5.41, 5.74) is 3.27. The molecule has 6 nitrogen and oxygen atoms in total. The first kappa shape index (κ1) is 18.4. The van der Waals surface area contributed by atoms with Gasteiger partial charge in [-0.15, -0.1) is 0 Å². The summed E-state index contributed by atoms with van der Waals surface area (Å²) in [5.74, 6) is 1.71. The minimum absolute atomic E-state index is 0.0709. The van der Waals surface area contributed by atoms with Crippen LogP contribution >= 0.6 is 0 Å². The van der Waals surface area contributed by atoms with E-state index in [2.05, 4.69) is 11.8 Å². The topological polar surface area (TPSA) is 51.2 Å². The lowest BCUT2D eigenvalue weighted by Gasteiger charge is -2.37. The Labute approximate surface area is 144 Å². The lowest BCUT2D eigenvalue weighted by molar-refractivity contribution is 0.0983. The van der Waals surface area contributed by atoms with Crippen molar-refractivity contribution in [2.24, 2.45) is 0 Å². The molecule has 0 spiro atoms. The summed E-state index contributed by atoms with van der Waals surface area (Å²) in [4.78, 5) is 16.0. The Balaban J connectivity index is 2.61. The summed E-state index contributed by atoms with van der Waals surface area (Å²) in [5, 5.41) is 0. The minimum atomic E-state index is -0.300. The van der Waals surface area contributed by atoms with Gasteiger partial charge in [-0.25, -0.2) is 4.79 Å². The second kappa shape index (κ2) is 7.75. The van der Waals surface area contributed by atoms with Crippen LogP contribution in [0.4, 0.5) is 4.79 Å². The van der Waals surface area contributed by atoms with Gasteiger partial charge in [-0.05, 0) is 33.0 Å². The van der Waals surface area contributed by atoms with Crippen LogP contribution in [0.5, 0.6) is 11.5 Å². The average molecular weight is 336 g/mol. The van der Waals surface area contributed by atoms with Gasteiger partial charge < -0.3 is 24.0 Å². The molecule has 0 saturated heterocycles. The SMILES string of the molecule is CCC1c2c(OC)cc(CN(C)C)c(OC)c2CCN1C(=O)OC. The molecule has 0 radical (unpaired) electrons. The van der Waals surface area contributed by atoms with Gasteiger partial charge in [-0.3, -0.25) is 0 Å². The van der Waals surface area contributed by atoms with Crippen molar-refractivity contribution in [3.63, 3.8) is 0 Å². The van der Waals surface area contributed by atoms with Crippen molar-refractivity contribution in [2.45, 2.75) is 32.4 Å². The fraction of sp³-hybridized carbons (Fsp3) is 0.611. The highest BCUT2D eigenvalue weighted by molar-refractivity contribution is 5.70. The number of carbonyl (C=O) groups excluding carboxylic acids is 1. The van der Waals surface area contributed by atoms with Crippen LogP contribution in [0, 0.1) is 0 Å². The number of methoxy groups -OCH3 is 3. The van der Waals surface area contributed by atoms with Gasteiger partial charge >= 0.3 is 6.09 Å². The quantitative estimate of drug-likeness (QED) is 0.827. The molecule has 0 bridgehead atoms. The van der Waals surface area contributed by atoms with Crippen LogP contribution in [0.25, 0.3) is 0 Å². The fourth-order valence-corrected chi connectivity index (χ4v) is 3.57. The molecule has 0 aliphatic carbocycles. The first-order valence-corrected chi connectivity index (χ1v) is 8.24. The third kappa shape index (κ3) is 3.29. The smallest absolute Gasteiger partial charge is 0.410 e. The number of amides is 1. The van der Waals surface area contributed by atoms with Crippen LogP contribution in [-0.2, 0) is 17.7 Å². The molecule has 0 N–H and O–H groups in total. The van der Waals surface area contributed by atoms with Crippen molar-refractivity contribution in [2.75, 3.05) is 42.0 Å². The Bertz CT molecular complexity index is 601. The third-order valence-electron chi connectivity index (χ3n) is 4.48. The number of fused-ring (bicyclic) bond motifs is 1. The van der Waals surface area contributed by atoms with Gasteiger partial charge in [0.1, 0.15) is 11.5 Å². The van der Waals surface area contributed by atoms with E-state index >= 15 is 0 Å². The normalized spacial score (nSPS) is 16.8. The molecule has 134 valence electrons. The molecule has 1 aliphatic heterocycles. The zero-order valence-corrected chi connectivity index (χ0v) is 15.5. The summed E-state index contributed by atoms with van der Waals surface area (Å²) in [6.07, 6.45) is 1.21. The van der Waals surface area contributed by atoms with Crippen LogP contribution in [0.15, 0.2) is 6.07 Å². The van der Waals surface area contributed by atoms with E-state index in [1.165, 1.54) is 7.11 Å². The van der Waals surface area contributed by atoms with E-state index in [0.29, 0.717) is 6.54 Å². The largest absolute Gasteiger partial charge is 0.496 e. The van der Waals surface area contributed by atoms with E-state index in [4.69, 9.17) is 14.2 Å². The minimum Gasteiger partial charge on any atom is -0.496 e. The van der Waals surface area contributed by atoms with E-state index < -0.39 is 0 Å². The first-order chi connectivity index (χ1) is 11.5. The second-order valence-corrected chi connectivity index (χ2v) is 6.24. The maximum absolute atomic E-state index is 12.1. The Hall–Kier alpha value is -1.95. The van der Waals surface area contributed by atoms with Crippen LogP contribution in [-0.4, -0.2) is 57.9 Å². The zero-order chi connectivity index (χ0) is 17.9. The van der Waals surface area contributed by atoms with Gasteiger partial charge in [-0.1, -0.05) is 6.92 Å². The van der Waals surface area contributed by atoms with Crippen LogP contribution < -0.4 is 9.47 Å². The maximum Gasteiger partial charge on any atom is 0.410 e. The van der Waals surface area contributed by atoms with Crippen LogP contribution in [0.1, 0.15) is 36.1 Å². The first-order valence-electron chi connectivity index (χ1n) is 8.24. The molecule has 1 atom stereocenters. The molecule has 0 aromatic heterocycles. The van der Waals surface area contributed by atoms with E-state index in [9.17, 15) is 4.79 Å². The van der Waals surface area contributed by atoms with Gasteiger partial charge in [0.25, 0.3) is 0 Å². The van der Waals surface area contributed by atoms with E-state index in [1.807, 2.05) is 20.2 Å². The standard InChI is InChI=1S/C18H28N2O4/c1-7-14-16-13(8-9-20(14)18(21)24-6)17(23-5)12(11-19(2)3)10-15(16)22-4/h10,14H,7-9,11H2,1-6H3. The molecule has 1 aromatic rings. The highest BCUT2D eigenvalue weighted by Crippen LogP contribution is 2.44. The number of carbonyl (C=O) groups is 1. The average Bonchev–Trinajstić information content (AvgIpc) is 2.58. The zero-order valence-electron chi connectivity index (χ0n) is 15.5. The monoisotopic (exact) mass is 336 g/mol. The van der Waals surface area contributed by atoms with Crippen LogP contribution in [0.2, 0.25) is 0 Å². The van der Waals surface area contributed by atoms with E-state index in [-0.39, 0.29) is 12.1 Å². The molecule has 1 aromatic carbocycles. The summed E-state index contributed by atoms with van der Waals surface area (Å²) in [7, 11) is 8.85. The predicted octanol–water partition coefficient (Wildman–Crippen LogP) is 2.84. The van der Waals surface area contributed by atoms with Gasteiger partial charge in [-0.2, -0.15) is 0 Å². The van der Waals surface area contributed by atoms with Gasteiger partial charge in [0.2, 0.25) is 0 Å². The molecule has 2 rings (SSSR count). The molecular formula is C18H28N2O4. The number of benzene rings is 1. The lowest BCUT2D eigenvalue weighted by Crippen LogP contribution is -2.40. The summed E-state index contributed by atoms with van der Waals surface area (Å²) in [6, 6.07) is 1.96. The predicted molar refractivity (Wildman–Crippen MR) is 92.8 cm³/mol. The third-order valence-corrected chi connectivity index (χ3v) is 4.48. The summed E-state index contributed by atoms with van der Waals surface area (Å²) < 4.78 is 16.4. The van der Waals surface area contributed by atoms with Crippen LogP contribution in [0.3, 0.4) is 0 Å². The van der Waals surface area contributed by atoms with E-state index in [0.717, 1.165) is 47.6 Å². The number of rotatable bonds is 5. The summed E-state index contributed by atoms with van der Waals surface area (Å²) in [6.45, 7) is 3.45. The van der Waals surface area contributed by atoms with Gasteiger partial charge in [0.05, 0.1) is 27.4 Å². The maximum atomic E-state index is 12.1. The summed E-state index contributed by atoms with van der Waals surface area (Å²) >= 11 is 0. The van der Waals surface area contributed by atoms with Crippen molar-refractivity contribution in [1.82, 2.24) is 9.80 Å². The molecule has 6 heteroatoms. The molecule has 24 heavy (non-hydrogen) atoms. The second-order valence-electron chi connectivity index (χ2n) is 6.24. The van der Waals surface area contributed by atoms with Crippen molar-refractivity contribution < 1.29 is 19.0 Å². The number of nitrogens with zero attached hydrogens (tertiary/aromatic N) is 2. The molecule has 1 heterocycles. The van der Waals surface area contributed by atoms with Gasteiger partial charge in [0.15, 0.2) is 0 Å². The molecule has 1 unspecified atom stereocenters. The Morgan fingerprint density at radius 2 is 2.00 bits per heavy atom. The molecule has 0 fully saturated rings. The van der Waals surface area contributed by atoms with Crippen molar-refractivity contribution in [3.05, 3.63) is 22.8 Å². The Kier molecular flexibility index (Phi) is 5.94. The molecular weight excluding hydrogens is 308 g/mol. The highest BCUT2D eigenvalue weighted by Gasteiger charge is 2.35. The number of hydrogen-bond acceptors (Lipinski definition) is 5. The highest BCUT2D eigenvalue weighted by atomic mass is 16.5. The van der Waals surface area contributed by atoms with E-state index in [1.54, 1.807) is 19.1 Å². The molecule has 1 aliphatic rings. The lowest BCUT2D eigenvalue weighted by atomic mass is 9.87. The van der Waals surface area contributed by atoms with Gasteiger partial charge in [0, 0.05) is 29.8 Å². The number of ether oxygens (including phenoxy) is 3. The van der Waals surface area contributed by atoms with Crippen molar-refractivity contribution in [3.8, 4) is 11.5 Å². The Morgan fingerprint density at radius 1 is 1.29 bits per heavy atom. The molecule has 1 amide bonds. The Morgan fingerprint density at radius 3 is 2.50 bits per heavy atom. The fourth-order valence-electron chi connectivity index (χ4n) is 3.57. The number of hydrogen-bond donors (Lipinski definition) is 0.